The fraction of sp³-hybridized carbons (Fsp3) is 0.100. The summed E-state index contributed by atoms with van der Waals surface area (Å²) in [5.41, 5.74) is 1.10. The zero-order valence-electron chi connectivity index (χ0n) is 16.0. The summed E-state index contributed by atoms with van der Waals surface area (Å²) in [7, 11) is 0. The minimum atomic E-state index is -0.451. The number of carbonyl (C=O) groups is 2. The van der Waals surface area contributed by atoms with Crippen molar-refractivity contribution < 1.29 is 18.5 Å². The first-order valence-electron chi connectivity index (χ1n) is 9.22. The number of hydrogen-bond acceptors (Lipinski definition) is 7. The molecule has 2 amide bonds. The number of aromatic amines is 1. The standard InChI is InChI=1S/C20H16FN7O3/c21-13-4-2-6-15(10-13)25-20(30)12-3-1-5-14(9-12)24-16(29)7-8-17-26-19(28-31-17)18-22-11-23-27-18/h1-6,9-11H,7-8H2,(H,24,29)(H,25,30)(H,22,23,27). The first-order chi connectivity index (χ1) is 15.1. The Labute approximate surface area is 174 Å². The third kappa shape index (κ3) is 5.15. The van der Waals surface area contributed by atoms with Crippen LogP contribution in [0.3, 0.4) is 0 Å². The fourth-order valence-corrected chi connectivity index (χ4v) is 2.72. The van der Waals surface area contributed by atoms with E-state index in [1.54, 1.807) is 24.3 Å². The molecule has 4 rings (SSSR count). The van der Waals surface area contributed by atoms with Gasteiger partial charge in [0.15, 0.2) is 5.82 Å². The molecule has 3 N–H and O–H groups in total. The van der Waals surface area contributed by atoms with Crippen molar-refractivity contribution in [2.45, 2.75) is 12.8 Å². The molecule has 31 heavy (non-hydrogen) atoms. The molecule has 0 spiro atoms. The zero-order chi connectivity index (χ0) is 21.6. The number of rotatable bonds is 7. The Morgan fingerprint density at radius 2 is 1.87 bits per heavy atom. The largest absolute Gasteiger partial charge is 0.339 e. The molecule has 0 aliphatic rings. The molecule has 0 atom stereocenters. The molecule has 0 aliphatic carbocycles. The highest BCUT2D eigenvalue weighted by Crippen LogP contribution is 2.15. The lowest BCUT2D eigenvalue weighted by molar-refractivity contribution is -0.116. The van der Waals surface area contributed by atoms with Gasteiger partial charge in [0.05, 0.1) is 0 Å². The topological polar surface area (TPSA) is 139 Å². The normalized spacial score (nSPS) is 10.6. The van der Waals surface area contributed by atoms with E-state index in [-0.39, 0.29) is 30.5 Å². The van der Waals surface area contributed by atoms with Crippen LogP contribution in [0.2, 0.25) is 0 Å². The molecule has 0 aliphatic heterocycles. The molecule has 0 fully saturated rings. The van der Waals surface area contributed by atoms with E-state index < -0.39 is 11.7 Å². The summed E-state index contributed by atoms with van der Waals surface area (Å²) in [4.78, 5) is 32.7. The van der Waals surface area contributed by atoms with Crippen LogP contribution in [0.5, 0.6) is 0 Å². The molecule has 2 heterocycles. The van der Waals surface area contributed by atoms with Gasteiger partial charge in [0.25, 0.3) is 5.91 Å². The quantitative estimate of drug-likeness (QED) is 0.417. The van der Waals surface area contributed by atoms with Crippen molar-refractivity contribution in [2.75, 3.05) is 10.6 Å². The molecule has 10 nitrogen and oxygen atoms in total. The van der Waals surface area contributed by atoms with Crippen molar-refractivity contribution in [2.24, 2.45) is 0 Å². The van der Waals surface area contributed by atoms with Gasteiger partial charge in [-0.05, 0) is 36.4 Å². The summed E-state index contributed by atoms with van der Waals surface area (Å²) in [5.74, 6) is -0.259. The minimum absolute atomic E-state index is 0.0950. The number of benzene rings is 2. The molecular weight excluding hydrogens is 405 g/mol. The number of halogens is 1. The van der Waals surface area contributed by atoms with Gasteiger partial charge in [0.2, 0.25) is 17.6 Å². The van der Waals surface area contributed by atoms with Crippen molar-refractivity contribution in [3.05, 3.63) is 72.1 Å². The van der Waals surface area contributed by atoms with Crippen molar-refractivity contribution in [1.29, 1.82) is 0 Å². The van der Waals surface area contributed by atoms with Crippen molar-refractivity contribution in [1.82, 2.24) is 25.3 Å². The lowest BCUT2D eigenvalue weighted by Crippen LogP contribution is -2.15. The number of anilines is 2. The second-order valence-corrected chi connectivity index (χ2v) is 6.44. The second kappa shape index (κ2) is 8.95. The maximum absolute atomic E-state index is 13.3. The van der Waals surface area contributed by atoms with E-state index in [1.165, 1.54) is 30.6 Å². The highest BCUT2D eigenvalue weighted by molar-refractivity contribution is 6.05. The molecular formula is C20H16FN7O3. The summed E-state index contributed by atoms with van der Waals surface area (Å²) >= 11 is 0. The number of nitrogens with one attached hydrogen (secondary N) is 3. The maximum Gasteiger partial charge on any atom is 0.255 e. The van der Waals surface area contributed by atoms with E-state index in [0.717, 1.165) is 0 Å². The molecule has 4 aromatic rings. The van der Waals surface area contributed by atoms with Gasteiger partial charge in [-0.1, -0.05) is 17.3 Å². The Balaban J connectivity index is 1.33. The van der Waals surface area contributed by atoms with E-state index in [9.17, 15) is 14.0 Å². The van der Waals surface area contributed by atoms with Crippen LogP contribution in [0, 0.1) is 5.82 Å². The van der Waals surface area contributed by atoms with Crippen LogP contribution < -0.4 is 10.6 Å². The molecule has 2 aromatic carbocycles. The summed E-state index contributed by atoms with van der Waals surface area (Å²) in [6.07, 6.45) is 1.65. The molecule has 11 heteroatoms. The first kappa shape index (κ1) is 19.9. The molecule has 0 unspecified atom stereocenters. The molecule has 2 aromatic heterocycles. The lowest BCUT2D eigenvalue weighted by atomic mass is 10.1. The van der Waals surface area contributed by atoms with Crippen LogP contribution in [0.1, 0.15) is 22.7 Å². The Hall–Kier alpha value is -4.41. The molecule has 0 saturated carbocycles. The summed E-state index contributed by atoms with van der Waals surface area (Å²) in [6, 6.07) is 12.0. The van der Waals surface area contributed by atoms with E-state index >= 15 is 0 Å². The predicted octanol–water partition coefficient (Wildman–Crippen LogP) is 2.82. The zero-order valence-corrected chi connectivity index (χ0v) is 16.0. The average molecular weight is 421 g/mol. The lowest BCUT2D eigenvalue weighted by Gasteiger charge is -2.08. The van der Waals surface area contributed by atoms with E-state index in [0.29, 0.717) is 22.8 Å². The Morgan fingerprint density at radius 1 is 1.06 bits per heavy atom. The Bertz CT molecular complexity index is 1210. The third-order valence-corrected chi connectivity index (χ3v) is 4.15. The first-order valence-corrected chi connectivity index (χ1v) is 9.22. The van der Waals surface area contributed by atoms with Crippen molar-refractivity contribution >= 4 is 23.2 Å². The monoisotopic (exact) mass is 421 g/mol. The number of aryl methyl sites for hydroxylation is 1. The van der Waals surface area contributed by atoms with Crippen LogP contribution in [0.15, 0.2) is 59.4 Å². The number of amides is 2. The van der Waals surface area contributed by atoms with Crippen LogP contribution in [-0.2, 0) is 11.2 Å². The van der Waals surface area contributed by atoms with Crippen LogP contribution >= 0.6 is 0 Å². The van der Waals surface area contributed by atoms with Gasteiger partial charge in [-0.3, -0.25) is 14.7 Å². The van der Waals surface area contributed by atoms with E-state index in [2.05, 4.69) is 36.0 Å². The van der Waals surface area contributed by atoms with Crippen LogP contribution in [-0.4, -0.2) is 37.1 Å². The minimum Gasteiger partial charge on any atom is -0.339 e. The van der Waals surface area contributed by atoms with Gasteiger partial charge in [-0.15, -0.1) is 0 Å². The highest BCUT2D eigenvalue weighted by Gasteiger charge is 2.13. The molecule has 0 radical (unpaired) electrons. The van der Waals surface area contributed by atoms with Gasteiger partial charge in [0, 0.05) is 29.8 Å². The fourth-order valence-electron chi connectivity index (χ4n) is 2.72. The number of H-pyrrole nitrogens is 1. The van der Waals surface area contributed by atoms with Crippen LogP contribution in [0.4, 0.5) is 15.8 Å². The molecule has 156 valence electrons. The average Bonchev–Trinajstić information content (AvgIpc) is 3.44. The third-order valence-electron chi connectivity index (χ3n) is 4.15. The predicted molar refractivity (Wildman–Crippen MR) is 107 cm³/mol. The van der Waals surface area contributed by atoms with Crippen molar-refractivity contribution in [3.63, 3.8) is 0 Å². The smallest absolute Gasteiger partial charge is 0.255 e. The summed E-state index contributed by atoms with van der Waals surface area (Å²) < 4.78 is 18.4. The number of carbonyl (C=O) groups excluding carboxylic acids is 2. The SMILES string of the molecule is O=C(CCc1nc(-c2ncn[nH]2)no1)Nc1cccc(C(=O)Nc2cccc(F)c2)c1. The van der Waals surface area contributed by atoms with E-state index in [4.69, 9.17) is 4.52 Å². The molecule has 0 saturated heterocycles. The number of nitrogens with zero attached hydrogens (tertiary/aromatic N) is 4. The van der Waals surface area contributed by atoms with Gasteiger partial charge >= 0.3 is 0 Å². The summed E-state index contributed by atoms with van der Waals surface area (Å²) in [6.45, 7) is 0. The van der Waals surface area contributed by atoms with Gasteiger partial charge < -0.3 is 15.2 Å². The van der Waals surface area contributed by atoms with Crippen LogP contribution in [0.25, 0.3) is 11.6 Å². The van der Waals surface area contributed by atoms with E-state index in [1.807, 2.05) is 0 Å². The maximum atomic E-state index is 13.3. The van der Waals surface area contributed by atoms with Crippen molar-refractivity contribution in [3.8, 4) is 11.6 Å². The Morgan fingerprint density at radius 3 is 2.65 bits per heavy atom. The van der Waals surface area contributed by atoms with Gasteiger partial charge in [-0.25, -0.2) is 9.37 Å². The Kier molecular flexibility index (Phi) is 5.74. The van der Waals surface area contributed by atoms with Gasteiger partial charge in [-0.2, -0.15) is 10.1 Å². The molecule has 0 bridgehead atoms. The second-order valence-electron chi connectivity index (χ2n) is 6.44. The highest BCUT2D eigenvalue weighted by atomic mass is 19.1. The van der Waals surface area contributed by atoms with Gasteiger partial charge in [0.1, 0.15) is 12.1 Å². The number of aromatic nitrogens is 5. The summed E-state index contributed by atoms with van der Waals surface area (Å²) in [5, 5.41) is 15.4. The number of hydrogen-bond donors (Lipinski definition) is 3.